The largest absolute Gasteiger partial charge is 0.497 e. The van der Waals surface area contributed by atoms with Crippen LogP contribution in [0.3, 0.4) is 0 Å². The van der Waals surface area contributed by atoms with Crippen LogP contribution in [0.1, 0.15) is 37.4 Å². The Morgan fingerprint density at radius 1 is 1.25 bits per heavy atom. The van der Waals surface area contributed by atoms with Gasteiger partial charge in [0.05, 0.1) is 20.8 Å². The maximum atomic E-state index is 12.6. The van der Waals surface area contributed by atoms with Crippen LogP contribution >= 0.6 is 0 Å². The zero-order chi connectivity index (χ0) is 17.5. The van der Waals surface area contributed by atoms with Crippen molar-refractivity contribution in [1.29, 1.82) is 0 Å². The van der Waals surface area contributed by atoms with Crippen molar-refractivity contribution < 1.29 is 14.3 Å². The van der Waals surface area contributed by atoms with Crippen molar-refractivity contribution in [2.45, 2.75) is 39.7 Å². The molecule has 0 atom stereocenters. The molecular weight excluding hydrogens is 306 g/mol. The summed E-state index contributed by atoms with van der Waals surface area (Å²) >= 11 is 0. The fourth-order valence-corrected chi connectivity index (χ4v) is 2.45. The fourth-order valence-electron chi connectivity index (χ4n) is 2.45. The van der Waals surface area contributed by atoms with E-state index in [1.807, 2.05) is 31.2 Å². The molecule has 0 aliphatic heterocycles. The molecule has 0 saturated heterocycles. The number of hydrogen-bond donors (Lipinski definition) is 1. The monoisotopic (exact) mass is 331 g/mol. The molecule has 2 aromatic rings. The Kier molecular flexibility index (Phi) is 6.23. The topological polar surface area (TPSA) is 67.5 Å². The van der Waals surface area contributed by atoms with Crippen LogP contribution in [0.4, 0.5) is 5.82 Å². The summed E-state index contributed by atoms with van der Waals surface area (Å²) in [4.78, 5) is 14.3. The van der Waals surface area contributed by atoms with Gasteiger partial charge in [0.1, 0.15) is 11.5 Å². The third kappa shape index (κ3) is 4.28. The van der Waals surface area contributed by atoms with Crippen molar-refractivity contribution in [3.63, 3.8) is 0 Å². The molecule has 0 saturated carbocycles. The molecule has 0 aliphatic carbocycles. The van der Waals surface area contributed by atoms with Gasteiger partial charge in [-0.2, -0.15) is 5.10 Å². The summed E-state index contributed by atoms with van der Waals surface area (Å²) in [5.41, 5.74) is 1.82. The van der Waals surface area contributed by atoms with E-state index in [1.165, 1.54) is 0 Å². The van der Waals surface area contributed by atoms with Crippen molar-refractivity contribution in [3.05, 3.63) is 35.5 Å². The minimum absolute atomic E-state index is 0.0567. The number of aromatic nitrogens is 2. The first-order valence-electron chi connectivity index (χ1n) is 8.12. The number of amides is 1. The molecule has 24 heavy (non-hydrogen) atoms. The SMILES string of the molecule is CCCCC(=O)N(Cc1ccc(OC)cc1OC)c1cc(C)[nH]n1. The maximum absolute atomic E-state index is 12.6. The smallest absolute Gasteiger partial charge is 0.228 e. The minimum atomic E-state index is 0.0567. The number of carbonyl (C=O) groups is 1. The molecule has 0 unspecified atom stereocenters. The normalized spacial score (nSPS) is 10.5. The van der Waals surface area contributed by atoms with E-state index in [1.54, 1.807) is 19.1 Å². The van der Waals surface area contributed by atoms with Gasteiger partial charge < -0.3 is 9.47 Å². The molecule has 0 fully saturated rings. The summed E-state index contributed by atoms with van der Waals surface area (Å²) in [6, 6.07) is 7.47. The van der Waals surface area contributed by atoms with Crippen LogP contribution < -0.4 is 14.4 Å². The van der Waals surface area contributed by atoms with E-state index in [0.29, 0.717) is 24.5 Å². The van der Waals surface area contributed by atoms with Crippen molar-refractivity contribution in [3.8, 4) is 11.5 Å². The first-order chi connectivity index (χ1) is 11.6. The van der Waals surface area contributed by atoms with E-state index in [4.69, 9.17) is 9.47 Å². The van der Waals surface area contributed by atoms with Gasteiger partial charge >= 0.3 is 0 Å². The van der Waals surface area contributed by atoms with E-state index >= 15 is 0 Å². The lowest BCUT2D eigenvalue weighted by atomic mass is 10.1. The lowest BCUT2D eigenvalue weighted by molar-refractivity contribution is -0.118. The summed E-state index contributed by atoms with van der Waals surface area (Å²) in [5, 5.41) is 7.14. The molecule has 6 heteroatoms. The van der Waals surface area contributed by atoms with Crippen LogP contribution in [-0.2, 0) is 11.3 Å². The summed E-state index contributed by atoms with van der Waals surface area (Å²) in [6.45, 7) is 4.39. The zero-order valence-electron chi connectivity index (χ0n) is 14.8. The van der Waals surface area contributed by atoms with Gasteiger partial charge in [0.25, 0.3) is 0 Å². The number of aromatic amines is 1. The maximum Gasteiger partial charge on any atom is 0.228 e. The van der Waals surface area contributed by atoms with Crippen LogP contribution in [0, 0.1) is 6.92 Å². The molecule has 0 radical (unpaired) electrons. The quantitative estimate of drug-likeness (QED) is 0.804. The Morgan fingerprint density at radius 2 is 2.04 bits per heavy atom. The van der Waals surface area contributed by atoms with Gasteiger partial charge in [-0.05, 0) is 25.5 Å². The Balaban J connectivity index is 2.29. The number of methoxy groups -OCH3 is 2. The Labute approximate surface area is 142 Å². The molecule has 0 spiro atoms. The molecular formula is C18H25N3O3. The molecule has 1 heterocycles. The van der Waals surface area contributed by atoms with Crippen LogP contribution in [0.25, 0.3) is 0 Å². The first-order valence-corrected chi connectivity index (χ1v) is 8.12. The summed E-state index contributed by atoms with van der Waals surface area (Å²) < 4.78 is 10.7. The van der Waals surface area contributed by atoms with Crippen molar-refractivity contribution in [2.75, 3.05) is 19.1 Å². The standard InChI is InChI=1S/C18H25N3O3/c1-5-6-7-18(22)21(17-10-13(2)19-20-17)12-14-8-9-15(23-3)11-16(14)24-4/h8-11H,5-7,12H2,1-4H3,(H,19,20). The lowest BCUT2D eigenvalue weighted by Crippen LogP contribution is -2.30. The number of hydrogen-bond acceptors (Lipinski definition) is 4. The molecule has 2 rings (SSSR count). The first kappa shape index (κ1) is 17.8. The zero-order valence-corrected chi connectivity index (χ0v) is 14.8. The van der Waals surface area contributed by atoms with E-state index in [-0.39, 0.29) is 5.91 Å². The van der Waals surface area contributed by atoms with E-state index in [9.17, 15) is 4.79 Å². The predicted octanol–water partition coefficient (Wildman–Crippen LogP) is 3.46. The third-order valence-electron chi connectivity index (χ3n) is 3.84. The van der Waals surface area contributed by atoms with Gasteiger partial charge in [-0.3, -0.25) is 14.8 Å². The average Bonchev–Trinajstić information content (AvgIpc) is 3.03. The van der Waals surface area contributed by atoms with Gasteiger partial charge in [0.15, 0.2) is 5.82 Å². The van der Waals surface area contributed by atoms with Crippen molar-refractivity contribution in [2.24, 2.45) is 0 Å². The Bertz CT molecular complexity index is 682. The molecule has 6 nitrogen and oxygen atoms in total. The second kappa shape index (κ2) is 8.38. The number of nitrogens with one attached hydrogen (secondary N) is 1. The molecule has 130 valence electrons. The van der Waals surface area contributed by atoms with Gasteiger partial charge in [-0.15, -0.1) is 0 Å². The number of nitrogens with zero attached hydrogens (tertiary/aromatic N) is 2. The predicted molar refractivity (Wildman–Crippen MR) is 93.6 cm³/mol. The average molecular weight is 331 g/mol. The molecule has 0 bridgehead atoms. The number of anilines is 1. The van der Waals surface area contributed by atoms with Crippen LogP contribution in [0.15, 0.2) is 24.3 Å². The molecule has 1 amide bonds. The van der Waals surface area contributed by atoms with Gasteiger partial charge in [-0.25, -0.2) is 0 Å². The fraction of sp³-hybridized carbons (Fsp3) is 0.444. The number of carbonyl (C=O) groups excluding carboxylic acids is 1. The van der Waals surface area contributed by atoms with Crippen molar-refractivity contribution >= 4 is 11.7 Å². The van der Waals surface area contributed by atoms with E-state index < -0.39 is 0 Å². The number of aryl methyl sites for hydroxylation is 1. The van der Waals surface area contributed by atoms with Gasteiger partial charge in [0.2, 0.25) is 5.91 Å². The van der Waals surface area contributed by atoms with Crippen LogP contribution in [0.2, 0.25) is 0 Å². The molecule has 1 N–H and O–H groups in total. The van der Waals surface area contributed by atoms with E-state index in [0.717, 1.165) is 29.8 Å². The highest BCUT2D eigenvalue weighted by molar-refractivity contribution is 5.92. The van der Waals surface area contributed by atoms with E-state index in [2.05, 4.69) is 17.1 Å². The van der Waals surface area contributed by atoms with Crippen molar-refractivity contribution in [1.82, 2.24) is 10.2 Å². The highest BCUT2D eigenvalue weighted by Gasteiger charge is 2.20. The Morgan fingerprint density at radius 3 is 2.62 bits per heavy atom. The number of unbranched alkanes of at least 4 members (excludes halogenated alkanes) is 1. The summed E-state index contributed by atoms with van der Waals surface area (Å²) in [7, 11) is 3.22. The summed E-state index contributed by atoms with van der Waals surface area (Å²) in [5.74, 6) is 2.10. The highest BCUT2D eigenvalue weighted by Crippen LogP contribution is 2.27. The third-order valence-corrected chi connectivity index (χ3v) is 3.84. The summed E-state index contributed by atoms with van der Waals surface area (Å²) in [6.07, 6.45) is 2.34. The highest BCUT2D eigenvalue weighted by atomic mass is 16.5. The Hall–Kier alpha value is -2.50. The van der Waals surface area contributed by atoms with Crippen LogP contribution in [0.5, 0.6) is 11.5 Å². The molecule has 0 aliphatic rings. The van der Waals surface area contributed by atoms with Gasteiger partial charge in [0, 0.05) is 29.8 Å². The second-order valence-electron chi connectivity index (χ2n) is 5.67. The molecule has 1 aromatic carbocycles. The van der Waals surface area contributed by atoms with Crippen LogP contribution in [-0.4, -0.2) is 30.3 Å². The molecule has 1 aromatic heterocycles. The minimum Gasteiger partial charge on any atom is -0.497 e. The lowest BCUT2D eigenvalue weighted by Gasteiger charge is -2.22. The number of rotatable bonds is 8. The van der Waals surface area contributed by atoms with Gasteiger partial charge in [-0.1, -0.05) is 13.3 Å². The number of ether oxygens (including phenoxy) is 2. The second-order valence-corrected chi connectivity index (χ2v) is 5.67. The number of benzene rings is 1. The number of H-pyrrole nitrogens is 1.